The van der Waals surface area contributed by atoms with Gasteiger partial charge in [-0.1, -0.05) is 47.6 Å². The number of carbonyl (C=O) groups is 1. The Morgan fingerprint density at radius 2 is 2.12 bits per heavy atom. The molecule has 0 aliphatic rings. The highest BCUT2D eigenvalue weighted by Gasteiger charge is 2.18. The molecule has 134 valence electrons. The van der Waals surface area contributed by atoms with Gasteiger partial charge in [-0.2, -0.15) is 0 Å². The lowest BCUT2D eigenvalue weighted by atomic mass is 10.2. The number of nitrogen functional groups attached to an aromatic ring is 1. The average molecular weight is 408 g/mol. The molecule has 4 nitrogen and oxygen atoms in total. The van der Waals surface area contributed by atoms with E-state index in [-0.39, 0.29) is 17.5 Å². The highest BCUT2D eigenvalue weighted by Crippen LogP contribution is 2.33. The van der Waals surface area contributed by atoms with E-state index in [9.17, 15) is 9.18 Å². The lowest BCUT2D eigenvalue weighted by Gasteiger charge is -2.09. The first kappa shape index (κ1) is 18.7. The molecule has 3 N–H and O–H groups in total. The van der Waals surface area contributed by atoms with Crippen molar-refractivity contribution in [2.24, 2.45) is 0 Å². The zero-order valence-electron chi connectivity index (χ0n) is 13.8. The first-order valence-electron chi connectivity index (χ1n) is 7.64. The lowest BCUT2D eigenvalue weighted by Crippen LogP contribution is -2.13. The van der Waals surface area contributed by atoms with Crippen LogP contribution in [0, 0.1) is 12.7 Å². The Kier molecular flexibility index (Phi) is 5.80. The summed E-state index contributed by atoms with van der Waals surface area (Å²) in [4.78, 5) is 17.1. The van der Waals surface area contributed by atoms with Gasteiger partial charge in [0.05, 0.1) is 10.7 Å². The van der Waals surface area contributed by atoms with E-state index in [0.717, 1.165) is 11.1 Å². The predicted octanol–water partition coefficient (Wildman–Crippen LogP) is 5.37. The van der Waals surface area contributed by atoms with Crippen molar-refractivity contribution in [3.05, 3.63) is 69.3 Å². The Balaban J connectivity index is 1.72. The molecule has 0 aliphatic carbocycles. The van der Waals surface area contributed by atoms with Crippen molar-refractivity contribution in [3.8, 4) is 0 Å². The van der Waals surface area contributed by atoms with E-state index < -0.39 is 0 Å². The van der Waals surface area contributed by atoms with Gasteiger partial charge in [-0.15, -0.1) is 11.3 Å². The summed E-state index contributed by atoms with van der Waals surface area (Å²) in [6.07, 6.45) is 0. The minimum atomic E-state index is -0.353. The number of thioether (sulfide) groups is 1. The topological polar surface area (TPSA) is 68.0 Å². The van der Waals surface area contributed by atoms with Gasteiger partial charge in [-0.25, -0.2) is 9.37 Å². The maximum Gasteiger partial charge on any atom is 0.269 e. The molecule has 0 aliphatic heterocycles. The average Bonchev–Trinajstić information content (AvgIpc) is 2.97. The molecule has 26 heavy (non-hydrogen) atoms. The second kappa shape index (κ2) is 8.07. The number of amides is 1. The van der Waals surface area contributed by atoms with Crippen LogP contribution >= 0.6 is 34.7 Å². The van der Waals surface area contributed by atoms with Crippen LogP contribution < -0.4 is 11.1 Å². The third-order valence-corrected chi connectivity index (χ3v) is 6.15. The summed E-state index contributed by atoms with van der Waals surface area (Å²) < 4.78 is 13.9. The Hall–Kier alpha value is -2.09. The second-order valence-corrected chi connectivity index (χ2v) is 8.13. The van der Waals surface area contributed by atoms with Crippen LogP contribution in [0.2, 0.25) is 5.02 Å². The second-order valence-electron chi connectivity index (χ2n) is 5.50. The number of hydrogen-bond acceptors (Lipinski definition) is 5. The number of carbonyl (C=O) groups excluding carboxylic acids is 1. The number of anilines is 2. The lowest BCUT2D eigenvalue weighted by molar-refractivity contribution is 0.103. The van der Waals surface area contributed by atoms with Crippen molar-refractivity contribution in [1.29, 1.82) is 0 Å². The van der Waals surface area contributed by atoms with Crippen molar-refractivity contribution in [3.63, 3.8) is 0 Å². The van der Waals surface area contributed by atoms with Crippen LogP contribution in [0.1, 0.15) is 20.8 Å². The Labute approximate surface area is 163 Å². The molecule has 3 aromatic rings. The molecule has 0 radical (unpaired) electrons. The number of nitrogens with zero attached hydrogens (tertiary/aromatic N) is 1. The number of rotatable bonds is 5. The maximum absolute atomic E-state index is 13.2. The fourth-order valence-electron chi connectivity index (χ4n) is 2.27. The summed E-state index contributed by atoms with van der Waals surface area (Å²) in [5.41, 5.74) is 8.14. The van der Waals surface area contributed by atoms with Crippen LogP contribution in [0.15, 0.2) is 46.8 Å². The maximum atomic E-state index is 13.2. The molecule has 0 saturated carbocycles. The van der Waals surface area contributed by atoms with E-state index in [0.29, 0.717) is 25.7 Å². The first-order chi connectivity index (χ1) is 12.4. The predicted molar refractivity (Wildman–Crippen MR) is 107 cm³/mol. The van der Waals surface area contributed by atoms with Crippen molar-refractivity contribution in [1.82, 2.24) is 4.98 Å². The molecule has 8 heteroatoms. The smallest absolute Gasteiger partial charge is 0.269 e. The van der Waals surface area contributed by atoms with Gasteiger partial charge < -0.3 is 11.1 Å². The monoisotopic (exact) mass is 407 g/mol. The van der Waals surface area contributed by atoms with Crippen LogP contribution in [0.5, 0.6) is 0 Å². The fraction of sp³-hybridized carbons (Fsp3) is 0.111. The molecule has 0 fully saturated rings. The van der Waals surface area contributed by atoms with E-state index in [1.165, 1.54) is 35.2 Å². The highest BCUT2D eigenvalue weighted by atomic mass is 35.5. The molecule has 0 saturated heterocycles. The molecule has 0 spiro atoms. The molecule has 1 amide bonds. The number of halogens is 2. The minimum absolute atomic E-state index is 0.166. The number of para-hydroxylation sites is 1. The van der Waals surface area contributed by atoms with Gasteiger partial charge in [0.25, 0.3) is 5.91 Å². The summed E-state index contributed by atoms with van der Waals surface area (Å²) in [6, 6.07) is 11.7. The third-order valence-electron chi connectivity index (χ3n) is 3.55. The van der Waals surface area contributed by atoms with E-state index >= 15 is 0 Å². The normalized spacial score (nSPS) is 10.7. The van der Waals surface area contributed by atoms with Gasteiger partial charge >= 0.3 is 0 Å². The van der Waals surface area contributed by atoms with Crippen LogP contribution in [-0.2, 0) is 5.75 Å². The Morgan fingerprint density at radius 1 is 1.35 bits per heavy atom. The molecule has 1 heterocycles. The zero-order valence-corrected chi connectivity index (χ0v) is 16.1. The third kappa shape index (κ3) is 4.35. The molecule has 0 atom stereocenters. The summed E-state index contributed by atoms with van der Waals surface area (Å²) in [7, 11) is 0. The SMILES string of the molecule is Cc1cccc(Cl)c1NC(=O)c1sc(SCc2cccc(F)c2)nc1N. The molecule has 0 unspecified atom stereocenters. The molecule has 1 aromatic heterocycles. The van der Waals surface area contributed by atoms with Gasteiger partial charge in [0.15, 0.2) is 4.34 Å². The van der Waals surface area contributed by atoms with Crippen molar-refractivity contribution in [2.75, 3.05) is 11.1 Å². The van der Waals surface area contributed by atoms with Gasteiger partial charge in [-0.05, 0) is 36.2 Å². The molecule has 3 rings (SSSR count). The molecule has 2 aromatic carbocycles. The minimum Gasteiger partial charge on any atom is -0.382 e. The summed E-state index contributed by atoms with van der Waals surface area (Å²) in [6.45, 7) is 1.86. The molecular formula is C18H15ClFN3OS2. The van der Waals surface area contributed by atoms with Crippen LogP contribution in [0.25, 0.3) is 0 Å². The number of nitrogens with one attached hydrogen (secondary N) is 1. The van der Waals surface area contributed by atoms with E-state index in [1.54, 1.807) is 12.1 Å². The first-order valence-corrected chi connectivity index (χ1v) is 9.82. The highest BCUT2D eigenvalue weighted by molar-refractivity contribution is 8.00. The van der Waals surface area contributed by atoms with Crippen LogP contribution in [0.3, 0.4) is 0 Å². The van der Waals surface area contributed by atoms with Gasteiger partial charge in [0, 0.05) is 5.75 Å². The standard InChI is InChI=1S/C18H15ClFN3OS2/c1-10-4-2-7-13(19)14(10)22-17(24)15-16(21)23-18(26-15)25-9-11-5-3-6-12(20)8-11/h2-8H,9,21H2,1H3,(H,22,24). The Bertz CT molecular complexity index is 941. The molecule has 0 bridgehead atoms. The van der Waals surface area contributed by atoms with Crippen molar-refractivity contribution < 1.29 is 9.18 Å². The number of thiazole rings is 1. The van der Waals surface area contributed by atoms with Crippen molar-refractivity contribution >= 4 is 52.1 Å². The number of nitrogens with two attached hydrogens (primary N) is 1. The zero-order chi connectivity index (χ0) is 18.7. The largest absolute Gasteiger partial charge is 0.382 e. The van der Waals surface area contributed by atoms with Crippen LogP contribution in [0.4, 0.5) is 15.9 Å². The van der Waals surface area contributed by atoms with E-state index in [1.807, 2.05) is 25.1 Å². The van der Waals surface area contributed by atoms with Crippen LogP contribution in [-0.4, -0.2) is 10.9 Å². The van der Waals surface area contributed by atoms with Gasteiger partial charge in [-0.3, -0.25) is 4.79 Å². The summed E-state index contributed by atoms with van der Waals surface area (Å²) >= 11 is 8.75. The summed E-state index contributed by atoms with van der Waals surface area (Å²) in [5, 5.41) is 3.25. The number of hydrogen-bond donors (Lipinski definition) is 2. The Morgan fingerprint density at radius 3 is 2.85 bits per heavy atom. The number of benzene rings is 2. The number of aromatic nitrogens is 1. The molecular weight excluding hydrogens is 393 g/mol. The fourth-order valence-corrected chi connectivity index (χ4v) is 4.44. The van der Waals surface area contributed by atoms with Gasteiger partial charge in [0.2, 0.25) is 0 Å². The quantitative estimate of drug-likeness (QED) is 0.558. The van der Waals surface area contributed by atoms with E-state index in [2.05, 4.69) is 10.3 Å². The van der Waals surface area contributed by atoms with Crippen molar-refractivity contribution in [2.45, 2.75) is 17.0 Å². The van der Waals surface area contributed by atoms with Gasteiger partial charge in [0.1, 0.15) is 16.5 Å². The number of aryl methyl sites for hydroxylation is 1. The van der Waals surface area contributed by atoms with E-state index in [4.69, 9.17) is 17.3 Å². The summed E-state index contributed by atoms with van der Waals surface area (Å²) in [5.74, 6) is 0.0692.